The zero-order valence-electron chi connectivity index (χ0n) is 14.1. The van der Waals surface area contributed by atoms with Gasteiger partial charge in [0.25, 0.3) is 5.91 Å². The first-order valence-electron chi connectivity index (χ1n) is 8.18. The monoisotopic (exact) mass is 320 g/mol. The molecule has 0 bridgehead atoms. The second-order valence-electron chi connectivity index (χ2n) is 6.39. The summed E-state index contributed by atoms with van der Waals surface area (Å²) in [5, 5.41) is 1.05. The number of aryl methyl sites for hydroxylation is 1. The molecule has 4 rings (SSSR count). The summed E-state index contributed by atoms with van der Waals surface area (Å²) in [4.78, 5) is 18.4. The van der Waals surface area contributed by atoms with Crippen LogP contribution in [0.3, 0.4) is 0 Å². The summed E-state index contributed by atoms with van der Waals surface area (Å²) >= 11 is 0. The van der Waals surface area contributed by atoms with Crippen LogP contribution in [0.15, 0.2) is 42.5 Å². The molecule has 1 amide bonds. The Morgan fingerprint density at radius 1 is 1.25 bits per heavy atom. The number of nitrogens with one attached hydrogen (secondary N) is 1. The lowest BCUT2D eigenvalue weighted by Gasteiger charge is -2.22. The van der Waals surface area contributed by atoms with Crippen molar-refractivity contribution < 1.29 is 9.53 Å². The van der Waals surface area contributed by atoms with Gasteiger partial charge in [-0.25, -0.2) is 0 Å². The lowest BCUT2D eigenvalue weighted by atomic mass is 10.1. The second-order valence-corrected chi connectivity index (χ2v) is 6.39. The molecule has 4 nitrogen and oxygen atoms in total. The van der Waals surface area contributed by atoms with E-state index >= 15 is 0 Å². The number of amides is 1. The first-order valence-corrected chi connectivity index (χ1v) is 8.18. The molecule has 24 heavy (non-hydrogen) atoms. The number of para-hydroxylation sites is 1. The average Bonchev–Trinajstić information content (AvgIpc) is 3.10. The number of H-pyrrole nitrogens is 1. The van der Waals surface area contributed by atoms with Gasteiger partial charge in [0.2, 0.25) is 0 Å². The topological polar surface area (TPSA) is 45.3 Å². The number of hydrogen-bond acceptors (Lipinski definition) is 2. The Morgan fingerprint density at radius 3 is 2.83 bits per heavy atom. The van der Waals surface area contributed by atoms with Crippen molar-refractivity contribution in [2.24, 2.45) is 0 Å². The SMILES string of the molecule is COc1ccc2c(C)c(C(=O)N3c4ccccc4CC3C)[nH]c2c1. The molecule has 2 heterocycles. The zero-order valence-corrected chi connectivity index (χ0v) is 14.1. The Labute approximate surface area is 141 Å². The van der Waals surface area contributed by atoms with Crippen LogP contribution in [0.5, 0.6) is 5.75 Å². The summed E-state index contributed by atoms with van der Waals surface area (Å²) in [6.07, 6.45) is 0.898. The van der Waals surface area contributed by atoms with Crippen molar-refractivity contribution in [3.05, 3.63) is 59.3 Å². The van der Waals surface area contributed by atoms with Gasteiger partial charge in [-0.1, -0.05) is 18.2 Å². The molecule has 0 saturated carbocycles. The number of carbonyl (C=O) groups is 1. The number of anilines is 1. The molecule has 1 aliphatic rings. The molecule has 1 aliphatic heterocycles. The number of methoxy groups -OCH3 is 1. The molecule has 1 N–H and O–H groups in total. The number of aromatic amines is 1. The third-order valence-corrected chi connectivity index (χ3v) is 4.91. The van der Waals surface area contributed by atoms with Crippen LogP contribution in [-0.4, -0.2) is 24.0 Å². The van der Waals surface area contributed by atoms with E-state index in [1.807, 2.05) is 48.2 Å². The highest BCUT2D eigenvalue weighted by atomic mass is 16.5. The summed E-state index contributed by atoms with van der Waals surface area (Å²) in [5.74, 6) is 0.808. The third-order valence-electron chi connectivity index (χ3n) is 4.91. The van der Waals surface area contributed by atoms with Gasteiger partial charge >= 0.3 is 0 Å². The maximum atomic E-state index is 13.2. The quantitative estimate of drug-likeness (QED) is 0.773. The number of fused-ring (bicyclic) bond motifs is 2. The Balaban J connectivity index is 1.80. The minimum atomic E-state index is 0.0279. The van der Waals surface area contributed by atoms with Gasteiger partial charge < -0.3 is 14.6 Å². The molecule has 1 atom stereocenters. The van der Waals surface area contributed by atoms with Crippen LogP contribution in [0.2, 0.25) is 0 Å². The third kappa shape index (κ3) is 2.10. The molecule has 0 saturated heterocycles. The second kappa shape index (κ2) is 5.41. The molecule has 4 heteroatoms. The van der Waals surface area contributed by atoms with Crippen LogP contribution in [0, 0.1) is 6.92 Å². The van der Waals surface area contributed by atoms with E-state index in [4.69, 9.17) is 4.74 Å². The van der Waals surface area contributed by atoms with Gasteiger partial charge in [0.15, 0.2) is 0 Å². The van der Waals surface area contributed by atoms with E-state index in [-0.39, 0.29) is 11.9 Å². The lowest BCUT2D eigenvalue weighted by Crippen LogP contribution is -2.36. The molecule has 3 aromatic rings. The fraction of sp³-hybridized carbons (Fsp3) is 0.250. The highest BCUT2D eigenvalue weighted by Gasteiger charge is 2.32. The van der Waals surface area contributed by atoms with Gasteiger partial charge in [-0.05, 0) is 49.6 Å². The van der Waals surface area contributed by atoms with Crippen molar-refractivity contribution in [2.45, 2.75) is 26.3 Å². The normalized spacial score (nSPS) is 16.5. The van der Waals surface area contributed by atoms with E-state index in [9.17, 15) is 4.79 Å². The summed E-state index contributed by atoms with van der Waals surface area (Å²) in [7, 11) is 1.64. The first-order chi connectivity index (χ1) is 11.6. The molecule has 2 aromatic carbocycles. The Morgan fingerprint density at radius 2 is 2.04 bits per heavy atom. The number of aromatic nitrogens is 1. The fourth-order valence-electron chi connectivity index (χ4n) is 3.65. The summed E-state index contributed by atoms with van der Waals surface area (Å²) < 4.78 is 5.28. The van der Waals surface area contributed by atoms with E-state index in [1.54, 1.807) is 7.11 Å². The molecule has 0 fully saturated rings. The first kappa shape index (κ1) is 14.8. The molecular formula is C20H20N2O2. The van der Waals surface area contributed by atoms with Crippen molar-refractivity contribution >= 4 is 22.5 Å². The summed E-state index contributed by atoms with van der Waals surface area (Å²) in [6, 6.07) is 14.2. The minimum absolute atomic E-state index is 0.0279. The summed E-state index contributed by atoms with van der Waals surface area (Å²) in [6.45, 7) is 4.09. The van der Waals surface area contributed by atoms with Crippen molar-refractivity contribution in [1.82, 2.24) is 4.98 Å². The maximum Gasteiger partial charge on any atom is 0.275 e. The molecule has 1 aromatic heterocycles. The summed E-state index contributed by atoms with van der Waals surface area (Å²) in [5.41, 5.74) is 4.81. The predicted octanol–water partition coefficient (Wildman–Crippen LogP) is 4.08. The van der Waals surface area contributed by atoms with Gasteiger partial charge in [-0.3, -0.25) is 4.79 Å². The molecule has 122 valence electrons. The Kier molecular flexibility index (Phi) is 3.34. The number of carbonyl (C=O) groups excluding carboxylic acids is 1. The highest BCUT2D eigenvalue weighted by Crippen LogP contribution is 2.34. The van der Waals surface area contributed by atoms with Crippen LogP contribution in [0.1, 0.15) is 28.5 Å². The Hall–Kier alpha value is -2.75. The molecular weight excluding hydrogens is 300 g/mol. The van der Waals surface area contributed by atoms with Crippen molar-refractivity contribution in [3.8, 4) is 5.75 Å². The van der Waals surface area contributed by atoms with Crippen LogP contribution in [0.4, 0.5) is 5.69 Å². The highest BCUT2D eigenvalue weighted by molar-refractivity contribution is 6.10. The van der Waals surface area contributed by atoms with E-state index in [2.05, 4.69) is 18.0 Å². The Bertz CT molecular complexity index is 942. The van der Waals surface area contributed by atoms with Gasteiger partial charge in [-0.2, -0.15) is 0 Å². The van der Waals surface area contributed by atoms with Crippen LogP contribution in [-0.2, 0) is 6.42 Å². The van der Waals surface area contributed by atoms with E-state index in [1.165, 1.54) is 5.56 Å². The number of benzene rings is 2. The van der Waals surface area contributed by atoms with Crippen LogP contribution < -0.4 is 9.64 Å². The van der Waals surface area contributed by atoms with E-state index in [0.29, 0.717) is 5.69 Å². The van der Waals surface area contributed by atoms with Crippen molar-refractivity contribution in [1.29, 1.82) is 0 Å². The minimum Gasteiger partial charge on any atom is -0.497 e. The maximum absolute atomic E-state index is 13.2. The number of rotatable bonds is 2. The molecule has 1 unspecified atom stereocenters. The average molecular weight is 320 g/mol. The predicted molar refractivity (Wildman–Crippen MR) is 96.0 cm³/mol. The molecule has 0 aliphatic carbocycles. The van der Waals surface area contributed by atoms with Gasteiger partial charge in [0.05, 0.1) is 7.11 Å². The van der Waals surface area contributed by atoms with Gasteiger partial charge in [0.1, 0.15) is 11.4 Å². The van der Waals surface area contributed by atoms with E-state index in [0.717, 1.165) is 34.3 Å². The number of hydrogen-bond donors (Lipinski definition) is 1. The largest absolute Gasteiger partial charge is 0.497 e. The zero-order chi connectivity index (χ0) is 16.8. The smallest absolute Gasteiger partial charge is 0.275 e. The lowest BCUT2D eigenvalue weighted by molar-refractivity contribution is 0.0977. The number of ether oxygens (including phenoxy) is 1. The van der Waals surface area contributed by atoms with Crippen LogP contribution >= 0.6 is 0 Å². The van der Waals surface area contributed by atoms with Gasteiger partial charge in [0, 0.05) is 28.7 Å². The van der Waals surface area contributed by atoms with Gasteiger partial charge in [-0.15, -0.1) is 0 Å². The van der Waals surface area contributed by atoms with Crippen molar-refractivity contribution in [2.75, 3.05) is 12.0 Å². The van der Waals surface area contributed by atoms with Crippen LogP contribution in [0.25, 0.3) is 10.9 Å². The van der Waals surface area contributed by atoms with E-state index < -0.39 is 0 Å². The van der Waals surface area contributed by atoms with Crippen molar-refractivity contribution in [3.63, 3.8) is 0 Å². The molecule has 0 radical (unpaired) electrons. The fourth-order valence-corrected chi connectivity index (χ4v) is 3.65. The number of nitrogens with zero attached hydrogens (tertiary/aromatic N) is 1. The molecule has 0 spiro atoms. The standard InChI is InChI=1S/C20H20N2O2/c1-12-10-14-6-4-5-7-18(14)22(12)20(23)19-13(2)16-9-8-15(24-3)11-17(16)21-19/h4-9,11-12,21H,10H2,1-3H3.